The van der Waals surface area contributed by atoms with Gasteiger partial charge in [0.1, 0.15) is 10.8 Å². The molecule has 2 aromatic heterocycles. The Morgan fingerprint density at radius 1 is 1.56 bits per heavy atom. The van der Waals surface area contributed by atoms with E-state index < -0.39 is 5.97 Å². The summed E-state index contributed by atoms with van der Waals surface area (Å²) in [6, 6.07) is 1.33. The SMILES string of the molecule is CC(Nc1ncc(C(=O)O)cc1Cl)c1nccs1. The van der Waals surface area contributed by atoms with Crippen LogP contribution < -0.4 is 5.32 Å². The first-order valence-corrected chi connectivity index (χ1v) is 6.38. The topological polar surface area (TPSA) is 75.1 Å². The van der Waals surface area contributed by atoms with Crippen LogP contribution in [0.4, 0.5) is 5.82 Å². The Balaban J connectivity index is 2.17. The van der Waals surface area contributed by atoms with Gasteiger partial charge in [0.25, 0.3) is 0 Å². The molecular weight excluding hydrogens is 274 g/mol. The van der Waals surface area contributed by atoms with Crippen molar-refractivity contribution in [2.75, 3.05) is 5.32 Å². The highest BCUT2D eigenvalue weighted by atomic mass is 35.5. The standard InChI is InChI=1S/C11H10ClN3O2S/c1-6(10-13-2-3-18-10)15-9-8(12)4-7(5-14-9)11(16)17/h2-6H,1H3,(H,14,15)(H,16,17). The molecule has 0 aliphatic heterocycles. The van der Waals surface area contributed by atoms with Gasteiger partial charge < -0.3 is 10.4 Å². The van der Waals surface area contributed by atoms with Crippen LogP contribution >= 0.6 is 22.9 Å². The van der Waals surface area contributed by atoms with Crippen molar-refractivity contribution in [3.63, 3.8) is 0 Å². The molecule has 0 amide bonds. The van der Waals surface area contributed by atoms with E-state index in [4.69, 9.17) is 16.7 Å². The average Bonchev–Trinajstić information content (AvgIpc) is 2.85. The number of hydrogen-bond donors (Lipinski definition) is 2. The molecule has 18 heavy (non-hydrogen) atoms. The van der Waals surface area contributed by atoms with Crippen molar-refractivity contribution in [3.8, 4) is 0 Å². The van der Waals surface area contributed by atoms with Crippen LogP contribution in [-0.2, 0) is 0 Å². The highest BCUT2D eigenvalue weighted by Crippen LogP contribution is 2.25. The molecule has 1 unspecified atom stereocenters. The minimum absolute atomic E-state index is 0.0364. The molecule has 0 saturated carbocycles. The quantitative estimate of drug-likeness (QED) is 0.902. The van der Waals surface area contributed by atoms with E-state index in [0.717, 1.165) is 5.01 Å². The first kappa shape index (κ1) is 12.8. The molecule has 0 aliphatic rings. The Morgan fingerprint density at radius 3 is 2.89 bits per heavy atom. The number of carboxylic acids is 1. The van der Waals surface area contributed by atoms with E-state index in [1.54, 1.807) is 6.20 Å². The number of carboxylic acid groups (broad SMARTS) is 1. The van der Waals surface area contributed by atoms with E-state index in [2.05, 4.69) is 15.3 Å². The first-order valence-electron chi connectivity index (χ1n) is 5.12. The Hall–Kier alpha value is -1.66. The van der Waals surface area contributed by atoms with Crippen LogP contribution in [0.1, 0.15) is 28.3 Å². The normalized spacial score (nSPS) is 12.1. The maximum atomic E-state index is 10.7. The van der Waals surface area contributed by atoms with Crippen molar-refractivity contribution in [1.29, 1.82) is 0 Å². The molecule has 0 aliphatic carbocycles. The van der Waals surface area contributed by atoms with Crippen molar-refractivity contribution < 1.29 is 9.90 Å². The van der Waals surface area contributed by atoms with Crippen molar-refractivity contribution >= 4 is 34.7 Å². The zero-order valence-electron chi connectivity index (χ0n) is 9.42. The Bertz CT molecular complexity index is 559. The molecule has 2 aromatic rings. The van der Waals surface area contributed by atoms with Crippen LogP contribution in [-0.4, -0.2) is 21.0 Å². The number of pyridine rings is 1. The lowest BCUT2D eigenvalue weighted by Crippen LogP contribution is -2.09. The van der Waals surface area contributed by atoms with E-state index >= 15 is 0 Å². The third-order valence-corrected chi connectivity index (χ3v) is 3.51. The van der Waals surface area contributed by atoms with Crippen LogP contribution in [0, 0.1) is 0 Å². The molecule has 1 atom stereocenters. The number of anilines is 1. The highest BCUT2D eigenvalue weighted by molar-refractivity contribution is 7.09. The Morgan fingerprint density at radius 2 is 2.33 bits per heavy atom. The molecule has 5 nitrogen and oxygen atoms in total. The smallest absolute Gasteiger partial charge is 0.337 e. The van der Waals surface area contributed by atoms with Gasteiger partial charge in [0.2, 0.25) is 0 Å². The van der Waals surface area contributed by atoms with Crippen LogP contribution in [0.3, 0.4) is 0 Å². The van der Waals surface area contributed by atoms with Crippen molar-refractivity contribution in [1.82, 2.24) is 9.97 Å². The molecule has 2 heterocycles. The predicted octanol–water partition coefficient (Wildman–Crippen LogP) is 3.06. The summed E-state index contributed by atoms with van der Waals surface area (Å²) in [7, 11) is 0. The number of nitrogens with one attached hydrogen (secondary N) is 1. The number of hydrogen-bond acceptors (Lipinski definition) is 5. The average molecular weight is 284 g/mol. The summed E-state index contributed by atoms with van der Waals surface area (Å²) in [6.07, 6.45) is 2.99. The monoisotopic (exact) mass is 283 g/mol. The number of rotatable bonds is 4. The van der Waals surface area contributed by atoms with Gasteiger partial charge in [-0.3, -0.25) is 0 Å². The largest absolute Gasteiger partial charge is 0.478 e. The molecule has 0 fully saturated rings. The van der Waals surface area contributed by atoms with Crippen LogP contribution in [0.25, 0.3) is 0 Å². The maximum Gasteiger partial charge on any atom is 0.337 e. The van der Waals surface area contributed by atoms with E-state index in [1.807, 2.05) is 12.3 Å². The summed E-state index contributed by atoms with van der Waals surface area (Å²) in [5.74, 6) is -0.603. The molecule has 94 valence electrons. The van der Waals surface area contributed by atoms with E-state index in [1.165, 1.54) is 23.6 Å². The van der Waals surface area contributed by atoms with E-state index in [9.17, 15) is 4.79 Å². The lowest BCUT2D eigenvalue weighted by molar-refractivity contribution is 0.0696. The van der Waals surface area contributed by atoms with Gasteiger partial charge in [-0.1, -0.05) is 11.6 Å². The van der Waals surface area contributed by atoms with Crippen LogP contribution in [0.5, 0.6) is 0 Å². The van der Waals surface area contributed by atoms with Gasteiger partial charge in [-0.15, -0.1) is 11.3 Å². The summed E-state index contributed by atoms with van der Waals surface area (Å²) in [5.41, 5.74) is 0.0625. The van der Waals surface area contributed by atoms with Crippen LogP contribution in [0.2, 0.25) is 5.02 Å². The van der Waals surface area contributed by atoms with Crippen molar-refractivity contribution in [2.45, 2.75) is 13.0 Å². The third kappa shape index (κ3) is 2.77. The van der Waals surface area contributed by atoms with Crippen LogP contribution in [0.15, 0.2) is 23.8 Å². The number of aromatic carboxylic acids is 1. The molecule has 0 spiro atoms. The second-order valence-corrected chi connectivity index (χ2v) is 4.93. The maximum absolute atomic E-state index is 10.7. The number of aromatic nitrogens is 2. The summed E-state index contributed by atoms with van der Waals surface area (Å²) in [6.45, 7) is 1.93. The number of carbonyl (C=O) groups is 1. The third-order valence-electron chi connectivity index (χ3n) is 2.26. The lowest BCUT2D eigenvalue weighted by Gasteiger charge is -2.13. The first-order chi connectivity index (χ1) is 8.58. The lowest BCUT2D eigenvalue weighted by atomic mass is 10.3. The predicted molar refractivity (Wildman–Crippen MR) is 70.4 cm³/mol. The Kier molecular flexibility index (Phi) is 3.78. The zero-order chi connectivity index (χ0) is 13.1. The summed E-state index contributed by atoms with van der Waals surface area (Å²) >= 11 is 7.50. The summed E-state index contributed by atoms with van der Waals surface area (Å²) in [5, 5.41) is 15.0. The second-order valence-electron chi connectivity index (χ2n) is 3.60. The summed E-state index contributed by atoms with van der Waals surface area (Å²) in [4.78, 5) is 18.9. The second kappa shape index (κ2) is 5.32. The number of halogens is 1. The van der Waals surface area contributed by atoms with E-state index in [-0.39, 0.29) is 16.6 Å². The number of nitrogens with zero attached hydrogens (tertiary/aromatic N) is 2. The molecule has 0 aromatic carbocycles. The van der Waals surface area contributed by atoms with Gasteiger partial charge >= 0.3 is 5.97 Å². The van der Waals surface area contributed by atoms with Crippen molar-refractivity contribution in [2.24, 2.45) is 0 Å². The molecule has 0 saturated heterocycles. The highest BCUT2D eigenvalue weighted by Gasteiger charge is 2.12. The fourth-order valence-electron chi connectivity index (χ4n) is 1.38. The molecule has 2 N–H and O–H groups in total. The molecule has 0 radical (unpaired) electrons. The fourth-order valence-corrected chi connectivity index (χ4v) is 2.24. The van der Waals surface area contributed by atoms with Gasteiger partial charge in [0.15, 0.2) is 0 Å². The van der Waals surface area contributed by atoms with Gasteiger partial charge in [-0.25, -0.2) is 14.8 Å². The van der Waals surface area contributed by atoms with Gasteiger partial charge in [-0.05, 0) is 13.0 Å². The number of thiazole rings is 1. The minimum atomic E-state index is -1.05. The van der Waals surface area contributed by atoms with Crippen molar-refractivity contribution in [3.05, 3.63) is 39.4 Å². The fraction of sp³-hybridized carbons (Fsp3) is 0.182. The van der Waals surface area contributed by atoms with Gasteiger partial charge in [-0.2, -0.15) is 0 Å². The molecule has 0 bridgehead atoms. The van der Waals surface area contributed by atoms with E-state index in [0.29, 0.717) is 5.82 Å². The Labute approximate surface area is 112 Å². The van der Waals surface area contributed by atoms with Gasteiger partial charge in [0.05, 0.1) is 16.6 Å². The zero-order valence-corrected chi connectivity index (χ0v) is 11.0. The van der Waals surface area contributed by atoms with Gasteiger partial charge in [0, 0.05) is 17.8 Å². The minimum Gasteiger partial charge on any atom is -0.478 e. The summed E-state index contributed by atoms with van der Waals surface area (Å²) < 4.78 is 0. The molecule has 2 rings (SSSR count). The molecular formula is C11H10ClN3O2S. The molecule has 7 heteroatoms.